The normalized spacial score (nSPS) is 16.1. The highest BCUT2D eigenvalue weighted by Gasteiger charge is 2.31. The average molecular weight is 394 g/mol. The van der Waals surface area contributed by atoms with Crippen LogP contribution in [-0.2, 0) is 15.0 Å². The standard InChI is InChI=1S/C23H26N2O4/c1-5-29-22(27)15-6-9-17(10-7-15)24-21(26)16-8-11-19-18(14-16)20(25-28-4)12-13-23(19,2)3/h6-11,14H,5,12-13H2,1-4H3,(H,24,26)/b25-20+. The van der Waals surface area contributed by atoms with Crippen LogP contribution in [0.5, 0.6) is 0 Å². The van der Waals surface area contributed by atoms with Crippen LogP contribution >= 0.6 is 0 Å². The summed E-state index contributed by atoms with van der Waals surface area (Å²) in [5, 5.41) is 7.03. The third kappa shape index (κ3) is 4.47. The summed E-state index contributed by atoms with van der Waals surface area (Å²) in [6.07, 6.45) is 1.77. The Balaban J connectivity index is 1.82. The van der Waals surface area contributed by atoms with E-state index in [4.69, 9.17) is 9.57 Å². The molecule has 1 aliphatic carbocycles. The zero-order chi connectivity index (χ0) is 21.0. The number of anilines is 1. The highest BCUT2D eigenvalue weighted by atomic mass is 16.6. The Bertz CT molecular complexity index is 946. The number of hydrogen-bond acceptors (Lipinski definition) is 5. The van der Waals surface area contributed by atoms with Crippen LogP contribution in [0, 0.1) is 0 Å². The molecular formula is C23H26N2O4. The number of nitrogens with one attached hydrogen (secondary N) is 1. The number of hydrogen-bond donors (Lipinski definition) is 1. The van der Waals surface area contributed by atoms with E-state index in [2.05, 4.69) is 24.3 Å². The third-order valence-electron chi connectivity index (χ3n) is 5.16. The molecule has 1 aliphatic rings. The molecule has 1 amide bonds. The minimum atomic E-state index is -0.382. The van der Waals surface area contributed by atoms with Crippen molar-refractivity contribution in [3.63, 3.8) is 0 Å². The van der Waals surface area contributed by atoms with Crippen molar-refractivity contribution in [2.24, 2.45) is 5.16 Å². The van der Waals surface area contributed by atoms with Gasteiger partial charge < -0.3 is 14.9 Å². The predicted molar refractivity (Wildman–Crippen MR) is 113 cm³/mol. The van der Waals surface area contributed by atoms with Gasteiger partial charge in [0.15, 0.2) is 0 Å². The van der Waals surface area contributed by atoms with Gasteiger partial charge in [-0.2, -0.15) is 0 Å². The minimum Gasteiger partial charge on any atom is -0.462 e. The van der Waals surface area contributed by atoms with Gasteiger partial charge in [-0.25, -0.2) is 4.79 Å². The smallest absolute Gasteiger partial charge is 0.338 e. The second-order valence-electron chi connectivity index (χ2n) is 7.62. The molecule has 6 heteroatoms. The van der Waals surface area contributed by atoms with Crippen LogP contribution in [0.3, 0.4) is 0 Å². The first-order valence-electron chi connectivity index (χ1n) is 9.69. The van der Waals surface area contributed by atoms with Gasteiger partial charge >= 0.3 is 5.97 Å². The molecule has 2 aromatic rings. The number of nitrogens with zero attached hydrogens (tertiary/aromatic N) is 1. The van der Waals surface area contributed by atoms with E-state index in [9.17, 15) is 9.59 Å². The number of carbonyl (C=O) groups is 2. The van der Waals surface area contributed by atoms with E-state index < -0.39 is 0 Å². The predicted octanol–water partition coefficient (Wildman–Crippen LogP) is 4.54. The number of benzene rings is 2. The maximum Gasteiger partial charge on any atom is 0.338 e. The van der Waals surface area contributed by atoms with Gasteiger partial charge in [0.25, 0.3) is 5.91 Å². The van der Waals surface area contributed by atoms with Crippen molar-refractivity contribution in [1.29, 1.82) is 0 Å². The van der Waals surface area contributed by atoms with Crippen LogP contribution in [0.25, 0.3) is 0 Å². The number of esters is 1. The SMILES string of the molecule is CCOC(=O)c1ccc(NC(=O)c2ccc3c(c2)/C(=N/OC)CCC3(C)C)cc1. The quantitative estimate of drug-likeness (QED) is 0.597. The summed E-state index contributed by atoms with van der Waals surface area (Å²) in [4.78, 5) is 29.5. The Morgan fingerprint density at radius 2 is 1.79 bits per heavy atom. The van der Waals surface area contributed by atoms with Crippen molar-refractivity contribution in [3.8, 4) is 0 Å². The van der Waals surface area contributed by atoms with Crippen molar-refractivity contribution in [3.05, 3.63) is 64.7 Å². The summed E-state index contributed by atoms with van der Waals surface area (Å²) < 4.78 is 4.97. The van der Waals surface area contributed by atoms with E-state index in [1.807, 2.05) is 18.2 Å². The molecule has 29 heavy (non-hydrogen) atoms. The van der Waals surface area contributed by atoms with E-state index in [1.165, 1.54) is 7.11 Å². The van der Waals surface area contributed by atoms with Gasteiger partial charge in [0, 0.05) is 16.8 Å². The first-order valence-corrected chi connectivity index (χ1v) is 9.69. The molecule has 0 fully saturated rings. The maximum atomic E-state index is 12.8. The second kappa shape index (κ2) is 8.47. The summed E-state index contributed by atoms with van der Waals surface area (Å²) in [7, 11) is 1.53. The van der Waals surface area contributed by atoms with Crippen LogP contribution in [0.15, 0.2) is 47.6 Å². The van der Waals surface area contributed by atoms with Gasteiger partial charge in [-0.15, -0.1) is 0 Å². The van der Waals surface area contributed by atoms with Gasteiger partial charge in [0.2, 0.25) is 0 Å². The molecule has 0 spiro atoms. The van der Waals surface area contributed by atoms with Crippen LogP contribution < -0.4 is 5.32 Å². The zero-order valence-electron chi connectivity index (χ0n) is 17.2. The molecule has 1 N–H and O–H groups in total. The first-order chi connectivity index (χ1) is 13.9. The Labute approximate surface area is 170 Å². The maximum absolute atomic E-state index is 12.8. The third-order valence-corrected chi connectivity index (χ3v) is 5.16. The van der Waals surface area contributed by atoms with Crippen molar-refractivity contribution in [1.82, 2.24) is 0 Å². The lowest BCUT2D eigenvalue weighted by Crippen LogP contribution is -2.28. The molecule has 0 aromatic heterocycles. The fraction of sp³-hybridized carbons (Fsp3) is 0.348. The molecular weight excluding hydrogens is 368 g/mol. The van der Waals surface area contributed by atoms with Crippen molar-refractivity contribution < 1.29 is 19.2 Å². The summed E-state index contributed by atoms with van der Waals surface area (Å²) in [6.45, 7) is 6.47. The molecule has 0 aliphatic heterocycles. The number of carbonyl (C=O) groups excluding carboxylic acids is 2. The van der Waals surface area contributed by atoms with Crippen molar-refractivity contribution in [2.75, 3.05) is 19.0 Å². The van der Waals surface area contributed by atoms with Crippen molar-refractivity contribution >= 4 is 23.3 Å². The average Bonchev–Trinajstić information content (AvgIpc) is 2.70. The minimum absolute atomic E-state index is 0.0139. The molecule has 0 saturated heterocycles. The molecule has 0 heterocycles. The lowest BCUT2D eigenvalue weighted by Gasteiger charge is -2.33. The molecule has 0 atom stereocenters. The van der Waals surface area contributed by atoms with Gasteiger partial charge in [0.05, 0.1) is 17.9 Å². The van der Waals surface area contributed by atoms with Gasteiger partial charge in [-0.3, -0.25) is 4.79 Å². The topological polar surface area (TPSA) is 77.0 Å². The largest absolute Gasteiger partial charge is 0.462 e. The lowest BCUT2D eigenvalue weighted by molar-refractivity contribution is 0.0526. The molecule has 0 unspecified atom stereocenters. The Kier molecular flexibility index (Phi) is 6.01. The Morgan fingerprint density at radius 3 is 2.45 bits per heavy atom. The highest BCUT2D eigenvalue weighted by molar-refractivity contribution is 6.08. The molecule has 0 radical (unpaired) electrons. The number of amides is 1. The van der Waals surface area contributed by atoms with Gasteiger partial charge in [-0.05, 0) is 67.1 Å². The molecule has 2 aromatic carbocycles. The Hall–Kier alpha value is -3.15. The summed E-state index contributed by atoms with van der Waals surface area (Å²) in [5.41, 5.74) is 4.58. The van der Waals surface area contributed by atoms with E-state index in [0.717, 1.165) is 29.7 Å². The summed E-state index contributed by atoms with van der Waals surface area (Å²) in [5.74, 6) is -0.607. The lowest BCUT2D eigenvalue weighted by atomic mass is 9.71. The second-order valence-corrected chi connectivity index (χ2v) is 7.62. The molecule has 6 nitrogen and oxygen atoms in total. The van der Waals surface area contributed by atoms with Crippen LogP contribution in [0.1, 0.15) is 65.5 Å². The van der Waals surface area contributed by atoms with E-state index in [-0.39, 0.29) is 17.3 Å². The number of fused-ring (bicyclic) bond motifs is 1. The number of ether oxygens (including phenoxy) is 1. The van der Waals surface area contributed by atoms with Crippen molar-refractivity contribution in [2.45, 2.75) is 39.0 Å². The van der Waals surface area contributed by atoms with Gasteiger partial charge in [0.1, 0.15) is 7.11 Å². The van der Waals surface area contributed by atoms with Crippen LogP contribution in [0.2, 0.25) is 0 Å². The van der Waals surface area contributed by atoms with Gasteiger partial charge in [-0.1, -0.05) is 25.1 Å². The highest BCUT2D eigenvalue weighted by Crippen LogP contribution is 2.37. The fourth-order valence-electron chi connectivity index (χ4n) is 3.53. The van der Waals surface area contributed by atoms with E-state index in [0.29, 0.717) is 23.4 Å². The monoisotopic (exact) mass is 394 g/mol. The first kappa shape index (κ1) is 20.6. The summed E-state index contributed by atoms with van der Waals surface area (Å²) in [6, 6.07) is 12.3. The molecule has 0 bridgehead atoms. The zero-order valence-corrected chi connectivity index (χ0v) is 17.2. The van der Waals surface area contributed by atoms with E-state index >= 15 is 0 Å². The number of oxime groups is 1. The molecule has 3 rings (SSSR count). The fourth-order valence-corrected chi connectivity index (χ4v) is 3.53. The number of rotatable bonds is 5. The van der Waals surface area contributed by atoms with Crippen LogP contribution in [0.4, 0.5) is 5.69 Å². The summed E-state index contributed by atoms with van der Waals surface area (Å²) >= 11 is 0. The van der Waals surface area contributed by atoms with E-state index in [1.54, 1.807) is 31.2 Å². The molecule has 152 valence electrons. The molecule has 0 saturated carbocycles. The Morgan fingerprint density at radius 1 is 1.10 bits per heavy atom. The van der Waals surface area contributed by atoms with Crippen LogP contribution in [-0.4, -0.2) is 31.3 Å².